The molecule has 1 aromatic heterocycles. The molecule has 0 bridgehead atoms. The maximum atomic E-state index is 13.7. The molecule has 1 aliphatic rings. The van der Waals surface area contributed by atoms with Gasteiger partial charge in [0.2, 0.25) is 0 Å². The minimum absolute atomic E-state index is 0.148. The van der Waals surface area contributed by atoms with Crippen molar-refractivity contribution >= 4 is 17.6 Å². The molecule has 0 saturated heterocycles. The normalized spacial score (nSPS) is 12.9. The predicted molar refractivity (Wildman–Crippen MR) is 113 cm³/mol. The van der Waals surface area contributed by atoms with Gasteiger partial charge in [-0.05, 0) is 36.8 Å². The van der Waals surface area contributed by atoms with Crippen LogP contribution in [0, 0.1) is 12.7 Å². The number of carbonyl (C=O) groups excluding carboxylic acids is 2. The summed E-state index contributed by atoms with van der Waals surface area (Å²) in [5, 5.41) is 7.33. The highest BCUT2D eigenvalue weighted by Gasteiger charge is 2.29. The van der Waals surface area contributed by atoms with E-state index in [9.17, 15) is 14.0 Å². The standard InChI is InChI=1S/C22H22FN5O3/c1-13-8-16(11-17(9-13)31-2)25-22(30)27-6-7-28-18(12-27)19(21(24)29)20(26-28)14-4-3-5-15(23)10-14/h3-5,8-11H,6-7,12H2,1-2H3,(H2,24,29)(H,25,30). The molecule has 4 rings (SSSR count). The number of urea groups is 1. The van der Waals surface area contributed by atoms with Crippen LogP contribution in [-0.4, -0.2) is 40.3 Å². The Morgan fingerprint density at radius 2 is 2.00 bits per heavy atom. The van der Waals surface area contributed by atoms with E-state index in [-0.39, 0.29) is 18.1 Å². The summed E-state index contributed by atoms with van der Waals surface area (Å²) < 4.78 is 20.6. The highest BCUT2D eigenvalue weighted by molar-refractivity contribution is 6.00. The number of amides is 3. The first-order chi connectivity index (χ1) is 14.9. The second-order valence-electron chi connectivity index (χ2n) is 7.36. The van der Waals surface area contributed by atoms with Crippen LogP contribution in [0.25, 0.3) is 11.3 Å². The van der Waals surface area contributed by atoms with Crippen LogP contribution in [0.1, 0.15) is 21.6 Å². The van der Waals surface area contributed by atoms with Gasteiger partial charge in [-0.2, -0.15) is 5.10 Å². The number of hydrogen-bond acceptors (Lipinski definition) is 4. The summed E-state index contributed by atoms with van der Waals surface area (Å²) in [6.07, 6.45) is 0. The first-order valence-electron chi connectivity index (χ1n) is 9.72. The molecular weight excluding hydrogens is 401 g/mol. The molecule has 0 saturated carbocycles. The molecule has 0 fully saturated rings. The summed E-state index contributed by atoms with van der Waals surface area (Å²) in [4.78, 5) is 26.7. The molecule has 0 atom stereocenters. The van der Waals surface area contributed by atoms with Crippen LogP contribution in [-0.2, 0) is 13.1 Å². The monoisotopic (exact) mass is 423 g/mol. The number of primary amides is 1. The number of rotatable bonds is 4. The third-order valence-electron chi connectivity index (χ3n) is 5.15. The number of fused-ring (bicyclic) bond motifs is 1. The Morgan fingerprint density at radius 1 is 1.19 bits per heavy atom. The van der Waals surface area contributed by atoms with Gasteiger partial charge in [-0.1, -0.05) is 12.1 Å². The van der Waals surface area contributed by atoms with Crippen molar-refractivity contribution in [3.8, 4) is 17.0 Å². The average Bonchev–Trinajstić information content (AvgIpc) is 3.12. The minimum Gasteiger partial charge on any atom is -0.497 e. The molecule has 0 spiro atoms. The van der Waals surface area contributed by atoms with E-state index in [0.29, 0.717) is 41.5 Å². The third-order valence-corrected chi connectivity index (χ3v) is 5.15. The number of carbonyl (C=O) groups is 2. The Hall–Kier alpha value is -3.88. The Labute approximate surface area is 178 Å². The number of hydrogen-bond donors (Lipinski definition) is 2. The molecule has 0 unspecified atom stereocenters. The van der Waals surface area contributed by atoms with Crippen molar-refractivity contribution in [2.24, 2.45) is 5.73 Å². The van der Waals surface area contributed by atoms with Crippen LogP contribution in [0.5, 0.6) is 5.75 Å². The summed E-state index contributed by atoms with van der Waals surface area (Å²) >= 11 is 0. The average molecular weight is 423 g/mol. The van der Waals surface area contributed by atoms with Crippen LogP contribution >= 0.6 is 0 Å². The van der Waals surface area contributed by atoms with Crippen molar-refractivity contribution in [1.29, 1.82) is 0 Å². The van der Waals surface area contributed by atoms with E-state index in [1.54, 1.807) is 34.9 Å². The highest BCUT2D eigenvalue weighted by atomic mass is 19.1. The second-order valence-corrected chi connectivity index (χ2v) is 7.36. The number of aryl methyl sites for hydroxylation is 1. The summed E-state index contributed by atoms with van der Waals surface area (Å²) in [5.41, 5.74) is 8.68. The quantitative estimate of drug-likeness (QED) is 0.673. The third kappa shape index (κ3) is 4.07. The number of halogens is 1. The van der Waals surface area contributed by atoms with E-state index in [0.717, 1.165) is 5.56 Å². The van der Waals surface area contributed by atoms with Crippen molar-refractivity contribution in [2.45, 2.75) is 20.0 Å². The molecular formula is C22H22FN5O3. The Balaban J connectivity index is 1.61. The fraction of sp³-hybridized carbons (Fsp3) is 0.227. The van der Waals surface area contributed by atoms with Crippen molar-refractivity contribution in [2.75, 3.05) is 19.0 Å². The Bertz CT molecular complexity index is 1170. The molecule has 31 heavy (non-hydrogen) atoms. The lowest BCUT2D eigenvalue weighted by Gasteiger charge is -2.28. The topological polar surface area (TPSA) is 102 Å². The number of methoxy groups -OCH3 is 1. The van der Waals surface area contributed by atoms with Gasteiger partial charge in [-0.15, -0.1) is 0 Å². The van der Waals surface area contributed by atoms with Crippen molar-refractivity contribution in [3.05, 3.63) is 65.1 Å². The van der Waals surface area contributed by atoms with Gasteiger partial charge < -0.3 is 20.7 Å². The van der Waals surface area contributed by atoms with Crippen LogP contribution in [0.3, 0.4) is 0 Å². The van der Waals surface area contributed by atoms with Crippen molar-refractivity contribution in [1.82, 2.24) is 14.7 Å². The lowest BCUT2D eigenvalue weighted by Crippen LogP contribution is -2.41. The molecule has 3 amide bonds. The van der Waals surface area contributed by atoms with E-state index in [4.69, 9.17) is 10.5 Å². The van der Waals surface area contributed by atoms with Gasteiger partial charge in [-0.3, -0.25) is 9.48 Å². The zero-order valence-corrected chi connectivity index (χ0v) is 17.2. The second kappa shape index (κ2) is 8.10. The van der Waals surface area contributed by atoms with E-state index < -0.39 is 11.7 Å². The smallest absolute Gasteiger partial charge is 0.322 e. The van der Waals surface area contributed by atoms with Gasteiger partial charge in [-0.25, -0.2) is 9.18 Å². The summed E-state index contributed by atoms with van der Waals surface area (Å²) in [5.74, 6) is -0.470. The van der Waals surface area contributed by atoms with Crippen LogP contribution in [0.15, 0.2) is 42.5 Å². The maximum absolute atomic E-state index is 13.7. The summed E-state index contributed by atoms with van der Waals surface area (Å²) in [6, 6.07) is 10.9. The maximum Gasteiger partial charge on any atom is 0.322 e. The molecule has 160 valence electrons. The Morgan fingerprint density at radius 3 is 2.71 bits per heavy atom. The lowest BCUT2D eigenvalue weighted by molar-refractivity contribution is 0.0997. The van der Waals surface area contributed by atoms with Gasteiger partial charge in [0.15, 0.2) is 0 Å². The molecule has 9 heteroatoms. The highest BCUT2D eigenvalue weighted by Crippen LogP contribution is 2.29. The number of nitrogens with zero attached hydrogens (tertiary/aromatic N) is 3. The van der Waals surface area contributed by atoms with Gasteiger partial charge in [0.25, 0.3) is 5.91 Å². The number of aromatic nitrogens is 2. The van der Waals surface area contributed by atoms with Crippen LogP contribution in [0.2, 0.25) is 0 Å². The zero-order chi connectivity index (χ0) is 22.1. The number of ether oxygens (including phenoxy) is 1. The van der Waals surface area contributed by atoms with E-state index in [1.807, 2.05) is 19.1 Å². The molecule has 8 nitrogen and oxygen atoms in total. The SMILES string of the molecule is COc1cc(C)cc(NC(=O)N2CCn3nc(-c4cccc(F)c4)c(C(N)=O)c3C2)c1. The largest absolute Gasteiger partial charge is 0.497 e. The minimum atomic E-state index is -0.675. The van der Waals surface area contributed by atoms with E-state index in [1.165, 1.54) is 12.1 Å². The summed E-state index contributed by atoms with van der Waals surface area (Å²) in [7, 11) is 1.56. The first-order valence-corrected chi connectivity index (χ1v) is 9.72. The number of nitrogens with one attached hydrogen (secondary N) is 1. The molecule has 0 aliphatic carbocycles. The molecule has 0 radical (unpaired) electrons. The number of benzene rings is 2. The Kier molecular flexibility index (Phi) is 5.33. The number of nitrogens with two attached hydrogens (primary N) is 1. The molecule has 2 aromatic carbocycles. The molecule has 2 heterocycles. The van der Waals surface area contributed by atoms with E-state index in [2.05, 4.69) is 10.4 Å². The molecule has 3 N–H and O–H groups in total. The molecule has 3 aromatic rings. The van der Waals surface area contributed by atoms with Gasteiger partial charge >= 0.3 is 6.03 Å². The van der Waals surface area contributed by atoms with Crippen LogP contribution < -0.4 is 15.8 Å². The fourth-order valence-corrected chi connectivity index (χ4v) is 3.73. The predicted octanol–water partition coefficient (Wildman–Crippen LogP) is 3.15. The van der Waals surface area contributed by atoms with Crippen molar-refractivity contribution < 1.29 is 18.7 Å². The van der Waals surface area contributed by atoms with Gasteiger partial charge in [0.05, 0.1) is 31.5 Å². The van der Waals surface area contributed by atoms with Crippen LogP contribution in [0.4, 0.5) is 14.9 Å². The first kappa shape index (κ1) is 20.4. The van der Waals surface area contributed by atoms with Gasteiger partial charge in [0.1, 0.15) is 17.3 Å². The zero-order valence-electron chi connectivity index (χ0n) is 17.2. The number of anilines is 1. The van der Waals surface area contributed by atoms with Gasteiger partial charge in [0, 0.05) is 23.9 Å². The van der Waals surface area contributed by atoms with Crippen molar-refractivity contribution in [3.63, 3.8) is 0 Å². The van der Waals surface area contributed by atoms with E-state index >= 15 is 0 Å². The lowest BCUT2D eigenvalue weighted by atomic mass is 10.0. The summed E-state index contributed by atoms with van der Waals surface area (Å²) in [6.45, 7) is 2.83. The fourth-order valence-electron chi connectivity index (χ4n) is 3.73. The molecule has 1 aliphatic heterocycles.